The normalized spacial score (nSPS) is 11.0. The minimum Gasteiger partial charge on any atom is -0.465 e. The van der Waals surface area contributed by atoms with E-state index in [1.807, 2.05) is 19.1 Å². The monoisotopic (exact) mass is 286 g/mol. The van der Waals surface area contributed by atoms with E-state index in [1.165, 1.54) is 0 Å². The van der Waals surface area contributed by atoms with Gasteiger partial charge in [0.15, 0.2) is 0 Å². The number of para-hydroxylation sites is 1. The summed E-state index contributed by atoms with van der Waals surface area (Å²) in [7, 11) is 0. The molecule has 112 valence electrons. The fourth-order valence-electron chi connectivity index (χ4n) is 2.46. The average molecular weight is 286 g/mol. The number of nitrogens with zero attached hydrogens (tertiary/aromatic N) is 2. The first-order chi connectivity index (χ1) is 10.2. The van der Waals surface area contributed by atoms with Gasteiger partial charge in [-0.2, -0.15) is 0 Å². The molecule has 2 aromatic rings. The second-order valence-electron chi connectivity index (χ2n) is 5.01. The highest BCUT2D eigenvalue weighted by Crippen LogP contribution is 2.17. The third kappa shape index (κ3) is 4.26. The first-order valence-electron chi connectivity index (χ1n) is 7.45. The third-order valence-corrected chi connectivity index (χ3v) is 3.31. The van der Waals surface area contributed by atoms with Crippen LogP contribution in [0, 0.1) is 0 Å². The van der Waals surface area contributed by atoms with Gasteiger partial charge in [0.1, 0.15) is 0 Å². The number of pyridine rings is 1. The van der Waals surface area contributed by atoms with Gasteiger partial charge in [0.25, 0.3) is 0 Å². The molecule has 1 aromatic carbocycles. The molecule has 0 bridgehead atoms. The Morgan fingerprint density at radius 2 is 2.05 bits per heavy atom. The Morgan fingerprint density at radius 1 is 1.24 bits per heavy atom. The van der Waals surface area contributed by atoms with E-state index in [4.69, 9.17) is 4.74 Å². The Balaban J connectivity index is 2.16. The zero-order valence-corrected chi connectivity index (χ0v) is 12.7. The Hall–Kier alpha value is -1.94. The molecule has 0 radical (unpaired) electrons. The minimum atomic E-state index is -0.167. The van der Waals surface area contributed by atoms with E-state index < -0.39 is 0 Å². The van der Waals surface area contributed by atoms with Crippen LogP contribution in [0.2, 0.25) is 0 Å². The number of hydrogen-bond donors (Lipinski definition) is 0. The van der Waals surface area contributed by atoms with E-state index in [0.29, 0.717) is 19.7 Å². The third-order valence-electron chi connectivity index (χ3n) is 3.31. The van der Waals surface area contributed by atoms with Gasteiger partial charge in [0, 0.05) is 18.1 Å². The lowest BCUT2D eigenvalue weighted by Crippen LogP contribution is -2.31. The number of benzene rings is 1. The summed E-state index contributed by atoms with van der Waals surface area (Å²) in [4.78, 5) is 18.3. The van der Waals surface area contributed by atoms with Crippen LogP contribution in [0.1, 0.15) is 25.8 Å². The summed E-state index contributed by atoms with van der Waals surface area (Å²) in [6, 6.07) is 10.2. The van der Waals surface area contributed by atoms with Gasteiger partial charge in [-0.1, -0.05) is 31.2 Å². The Morgan fingerprint density at radius 3 is 2.81 bits per heavy atom. The molecule has 21 heavy (non-hydrogen) atoms. The van der Waals surface area contributed by atoms with E-state index >= 15 is 0 Å². The topological polar surface area (TPSA) is 42.4 Å². The van der Waals surface area contributed by atoms with Crippen LogP contribution in [0.25, 0.3) is 10.9 Å². The predicted octanol–water partition coefficient (Wildman–Crippen LogP) is 3.01. The van der Waals surface area contributed by atoms with Gasteiger partial charge < -0.3 is 4.74 Å². The van der Waals surface area contributed by atoms with Crippen molar-refractivity contribution in [2.24, 2.45) is 0 Å². The molecule has 4 nitrogen and oxygen atoms in total. The molecule has 0 N–H and O–H groups in total. The lowest BCUT2D eigenvalue weighted by molar-refractivity contribution is -0.144. The van der Waals surface area contributed by atoms with E-state index in [9.17, 15) is 4.79 Å². The van der Waals surface area contributed by atoms with E-state index in [-0.39, 0.29) is 5.97 Å². The highest BCUT2D eigenvalue weighted by Gasteiger charge is 2.13. The molecule has 0 aliphatic carbocycles. The predicted molar refractivity (Wildman–Crippen MR) is 83.9 cm³/mol. The standard InChI is InChI=1S/C17H22N2O2/c1-3-11-19(13-16(20)21-4-2)12-15-8-5-7-14-9-6-10-18-17(14)15/h5-10H,3-4,11-13H2,1-2H3. The van der Waals surface area contributed by atoms with Crippen LogP contribution in [0.4, 0.5) is 0 Å². The van der Waals surface area contributed by atoms with Crippen molar-refractivity contribution in [3.05, 3.63) is 42.1 Å². The van der Waals surface area contributed by atoms with Crippen molar-refractivity contribution in [2.45, 2.75) is 26.8 Å². The maximum absolute atomic E-state index is 11.7. The van der Waals surface area contributed by atoms with Crippen molar-refractivity contribution >= 4 is 16.9 Å². The summed E-state index contributed by atoms with van der Waals surface area (Å²) in [6.07, 6.45) is 2.80. The lowest BCUT2D eigenvalue weighted by atomic mass is 10.1. The highest BCUT2D eigenvalue weighted by atomic mass is 16.5. The zero-order chi connectivity index (χ0) is 15.1. The van der Waals surface area contributed by atoms with Crippen LogP contribution in [0.5, 0.6) is 0 Å². The maximum Gasteiger partial charge on any atom is 0.320 e. The smallest absolute Gasteiger partial charge is 0.320 e. The quantitative estimate of drug-likeness (QED) is 0.734. The summed E-state index contributed by atoms with van der Waals surface area (Å²) in [6.45, 7) is 6.26. The van der Waals surface area contributed by atoms with Crippen molar-refractivity contribution in [1.29, 1.82) is 0 Å². The van der Waals surface area contributed by atoms with Crippen molar-refractivity contribution in [1.82, 2.24) is 9.88 Å². The molecule has 2 rings (SSSR count). The maximum atomic E-state index is 11.7. The van der Waals surface area contributed by atoms with Gasteiger partial charge in [-0.05, 0) is 31.5 Å². The van der Waals surface area contributed by atoms with Gasteiger partial charge >= 0.3 is 5.97 Å². The number of carbonyl (C=O) groups excluding carboxylic acids is 1. The molecule has 0 amide bonds. The molecule has 0 fully saturated rings. The van der Waals surface area contributed by atoms with Gasteiger partial charge in [0.2, 0.25) is 0 Å². The highest BCUT2D eigenvalue weighted by molar-refractivity contribution is 5.81. The number of carbonyl (C=O) groups is 1. The van der Waals surface area contributed by atoms with Crippen LogP contribution in [0.15, 0.2) is 36.5 Å². The number of hydrogen-bond acceptors (Lipinski definition) is 4. The van der Waals surface area contributed by atoms with Crippen molar-refractivity contribution in [3.63, 3.8) is 0 Å². The molecule has 0 unspecified atom stereocenters. The molecule has 0 aliphatic rings. The minimum absolute atomic E-state index is 0.167. The molecule has 0 aliphatic heterocycles. The Bertz CT molecular complexity index is 593. The lowest BCUT2D eigenvalue weighted by Gasteiger charge is -2.21. The number of fused-ring (bicyclic) bond motifs is 1. The molecule has 4 heteroatoms. The molecule has 0 atom stereocenters. The summed E-state index contributed by atoms with van der Waals surface area (Å²) >= 11 is 0. The summed E-state index contributed by atoms with van der Waals surface area (Å²) in [5.41, 5.74) is 2.15. The molecule has 0 saturated heterocycles. The fraction of sp³-hybridized carbons (Fsp3) is 0.412. The van der Waals surface area contributed by atoms with Crippen LogP contribution in [0.3, 0.4) is 0 Å². The fourth-order valence-corrected chi connectivity index (χ4v) is 2.46. The van der Waals surface area contributed by atoms with Gasteiger partial charge in [-0.25, -0.2) is 0 Å². The largest absolute Gasteiger partial charge is 0.465 e. The van der Waals surface area contributed by atoms with Crippen molar-refractivity contribution in [3.8, 4) is 0 Å². The van der Waals surface area contributed by atoms with E-state index in [2.05, 4.69) is 35.0 Å². The van der Waals surface area contributed by atoms with E-state index in [0.717, 1.165) is 29.4 Å². The summed E-state index contributed by atoms with van der Waals surface area (Å²) in [5, 5.41) is 1.13. The number of esters is 1. The zero-order valence-electron chi connectivity index (χ0n) is 12.7. The molecular weight excluding hydrogens is 264 g/mol. The van der Waals surface area contributed by atoms with E-state index in [1.54, 1.807) is 6.20 Å². The van der Waals surface area contributed by atoms with Crippen LogP contribution in [-0.2, 0) is 16.1 Å². The second-order valence-corrected chi connectivity index (χ2v) is 5.01. The second kappa shape index (κ2) is 7.74. The Kier molecular flexibility index (Phi) is 5.69. The molecular formula is C17H22N2O2. The summed E-state index contributed by atoms with van der Waals surface area (Å²) in [5.74, 6) is -0.167. The Labute approximate surface area is 125 Å². The van der Waals surface area contributed by atoms with Gasteiger partial charge in [-0.3, -0.25) is 14.7 Å². The van der Waals surface area contributed by atoms with Crippen molar-refractivity contribution < 1.29 is 9.53 Å². The number of rotatable bonds is 7. The molecule has 1 heterocycles. The first kappa shape index (κ1) is 15.4. The average Bonchev–Trinajstić information content (AvgIpc) is 2.48. The van der Waals surface area contributed by atoms with Gasteiger partial charge in [-0.15, -0.1) is 0 Å². The molecule has 1 aromatic heterocycles. The summed E-state index contributed by atoms with van der Waals surface area (Å²) < 4.78 is 5.05. The van der Waals surface area contributed by atoms with Crippen LogP contribution >= 0.6 is 0 Å². The number of aromatic nitrogens is 1. The first-order valence-corrected chi connectivity index (χ1v) is 7.45. The molecule has 0 saturated carbocycles. The number of ether oxygens (including phenoxy) is 1. The molecule has 0 spiro atoms. The van der Waals surface area contributed by atoms with Crippen LogP contribution < -0.4 is 0 Å². The van der Waals surface area contributed by atoms with Crippen molar-refractivity contribution in [2.75, 3.05) is 19.7 Å². The van der Waals surface area contributed by atoms with Crippen LogP contribution in [-0.4, -0.2) is 35.5 Å². The van der Waals surface area contributed by atoms with Gasteiger partial charge in [0.05, 0.1) is 18.7 Å². The SMILES string of the molecule is CCCN(CC(=O)OCC)Cc1cccc2cccnc12.